The predicted octanol–water partition coefficient (Wildman–Crippen LogP) is 1.31. The van der Waals surface area contributed by atoms with Crippen molar-refractivity contribution in [2.45, 2.75) is 25.2 Å². The molecule has 1 aromatic rings. The molecule has 1 aliphatic rings. The number of piperidine rings is 1. The van der Waals surface area contributed by atoms with E-state index in [0.29, 0.717) is 5.92 Å². The van der Waals surface area contributed by atoms with Gasteiger partial charge in [-0.15, -0.1) is 0 Å². The van der Waals surface area contributed by atoms with Crippen LogP contribution in [0.4, 0.5) is 5.95 Å². The number of aromatic nitrogens is 2. The minimum Gasteiger partial charge on any atom is -0.354 e. The van der Waals surface area contributed by atoms with Gasteiger partial charge in [0.2, 0.25) is 5.95 Å². The number of nitrogens with one attached hydrogen (secondary N) is 2. The Morgan fingerprint density at radius 2 is 2.11 bits per heavy atom. The molecule has 2 rings (SSSR count). The van der Waals surface area contributed by atoms with E-state index in [-0.39, 0.29) is 0 Å². The molecule has 0 spiro atoms. The highest BCUT2D eigenvalue weighted by Crippen LogP contribution is 2.25. The molecule has 1 fully saturated rings. The van der Waals surface area contributed by atoms with Crippen LogP contribution >= 0.6 is 0 Å². The summed E-state index contributed by atoms with van der Waals surface area (Å²) in [7, 11) is 4.15. The van der Waals surface area contributed by atoms with Crippen molar-refractivity contribution in [2.75, 3.05) is 45.6 Å². The van der Waals surface area contributed by atoms with Gasteiger partial charge in [-0.2, -0.15) is 0 Å². The van der Waals surface area contributed by atoms with Gasteiger partial charge in [-0.05, 0) is 57.9 Å². The summed E-state index contributed by atoms with van der Waals surface area (Å²) in [6.07, 6.45) is 7.57. The van der Waals surface area contributed by atoms with Crippen LogP contribution in [-0.4, -0.2) is 55.1 Å². The minimum absolute atomic E-state index is 0.595. The number of likely N-dealkylation sites (N-methyl/N-ethyl adjacent to an activating group) is 1. The Balaban J connectivity index is 1.83. The third kappa shape index (κ3) is 4.44. The molecule has 106 valence electrons. The normalized spacial score (nSPS) is 20.4. The third-order valence-corrected chi connectivity index (χ3v) is 3.65. The second-order valence-corrected chi connectivity index (χ2v) is 5.33. The number of hydrogen-bond acceptors (Lipinski definition) is 5. The van der Waals surface area contributed by atoms with E-state index in [2.05, 4.69) is 32.5 Å². The summed E-state index contributed by atoms with van der Waals surface area (Å²) in [5.41, 5.74) is 1.27. The van der Waals surface area contributed by atoms with Crippen molar-refractivity contribution in [3.05, 3.63) is 18.0 Å². The standard InChI is InChI=1S/C14H25N5/c1-15-6-4-7-16-14-17-9-13(10-18-14)12-5-3-8-19(2)11-12/h9-10,12,15H,3-8,11H2,1-2H3,(H,16,17,18). The van der Waals surface area contributed by atoms with E-state index in [1.807, 2.05) is 19.4 Å². The highest BCUT2D eigenvalue weighted by atomic mass is 15.1. The number of anilines is 1. The maximum atomic E-state index is 4.42. The van der Waals surface area contributed by atoms with Crippen LogP contribution in [0.25, 0.3) is 0 Å². The lowest BCUT2D eigenvalue weighted by molar-refractivity contribution is 0.250. The summed E-state index contributed by atoms with van der Waals surface area (Å²) in [5, 5.41) is 6.37. The van der Waals surface area contributed by atoms with Gasteiger partial charge in [0.1, 0.15) is 0 Å². The number of likely N-dealkylation sites (tertiary alicyclic amines) is 1. The average Bonchev–Trinajstić information content (AvgIpc) is 2.44. The van der Waals surface area contributed by atoms with E-state index in [1.54, 1.807) is 0 Å². The lowest BCUT2D eigenvalue weighted by Gasteiger charge is -2.29. The van der Waals surface area contributed by atoms with E-state index in [4.69, 9.17) is 0 Å². The lowest BCUT2D eigenvalue weighted by atomic mass is 9.93. The van der Waals surface area contributed by atoms with E-state index >= 15 is 0 Å². The summed E-state index contributed by atoms with van der Waals surface area (Å²) >= 11 is 0. The number of nitrogens with zero attached hydrogens (tertiary/aromatic N) is 3. The zero-order chi connectivity index (χ0) is 13.5. The smallest absolute Gasteiger partial charge is 0.222 e. The van der Waals surface area contributed by atoms with Crippen molar-refractivity contribution >= 4 is 5.95 Å². The molecule has 1 saturated heterocycles. The van der Waals surface area contributed by atoms with E-state index in [1.165, 1.54) is 24.9 Å². The van der Waals surface area contributed by atoms with Gasteiger partial charge in [-0.3, -0.25) is 0 Å². The van der Waals surface area contributed by atoms with Crippen LogP contribution in [0, 0.1) is 0 Å². The fourth-order valence-electron chi connectivity index (χ4n) is 2.54. The van der Waals surface area contributed by atoms with E-state index in [0.717, 1.165) is 32.0 Å². The van der Waals surface area contributed by atoms with Gasteiger partial charge in [0.25, 0.3) is 0 Å². The van der Waals surface area contributed by atoms with Crippen molar-refractivity contribution < 1.29 is 0 Å². The van der Waals surface area contributed by atoms with Gasteiger partial charge >= 0.3 is 0 Å². The van der Waals surface area contributed by atoms with Gasteiger partial charge in [0.05, 0.1) is 0 Å². The average molecular weight is 263 g/mol. The first kappa shape index (κ1) is 14.2. The van der Waals surface area contributed by atoms with E-state index < -0.39 is 0 Å². The first-order valence-corrected chi connectivity index (χ1v) is 7.18. The zero-order valence-corrected chi connectivity index (χ0v) is 12.0. The molecule has 2 heterocycles. The van der Waals surface area contributed by atoms with Crippen LogP contribution in [0.3, 0.4) is 0 Å². The highest BCUT2D eigenvalue weighted by Gasteiger charge is 2.19. The summed E-state index contributed by atoms with van der Waals surface area (Å²) in [6, 6.07) is 0. The van der Waals surface area contributed by atoms with Crippen LogP contribution in [0.5, 0.6) is 0 Å². The summed E-state index contributed by atoms with van der Waals surface area (Å²) in [6.45, 7) is 4.26. The van der Waals surface area contributed by atoms with E-state index in [9.17, 15) is 0 Å². The van der Waals surface area contributed by atoms with Crippen LogP contribution in [0.2, 0.25) is 0 Å². The maximum absolute atomic E-state index is 4.42. The third-order valence-electron chi connectivity index (χ3n) is 3.65. The van der Waals surface area contributed by atoms with Gasteiger partial charge in [0.15, 0.2) is 0 Å². The lowest BCUT2D eigenvalue weighted by Crippen LogP contribution is -2.30. The summed E-state index contributed by atoms with van der Waals surface area (Å²) in [5.74, 6) is 1.33. The molecule has 0 aliphatic carbocycles. The molecule has 0 bridgehead atoms. The SMILES string of the molecule is CNCCCNc1ncc(C2CCCN(C)C2)cn1. The molecular formula is C14H25N5. The molecule has 5 nitrogen and oxygen atoms in total. The number of hydrogen-bond donors (Lipinski definition) is 2. The molecule has 1 atom stereocenters. The first-order valence-electron chi connectivity index (χ1n) is 7.18. The van der Waals surface area contributed by atoms with Crippen LogP contribution < -0.4 is 10.6 Å². The fraction of sp³-hybridized carbons (Fsp3) is 0.714. The minimum atomic E-state index is 0.595. The van der Waals surface area contributed by atoms with Crippen LogP contribution in [0.1, 0.15) is 30.7 Å². The molecule has 0 amide bonds. The van der Waals surface area contributed by atoms with Crippen molar-refractivity contribution in [3.63, 3.8) is 0 Å². The molecule has 19 heavy (non-hydrogen) atoms. The van der Waals surface area contributed by atoms with Crippen LogP contribution in [0.15, 0.2) is 12.4 Å². The Labute approximate surface area is 115 Å². The van der Waals surface area contributed by atoms with Gasteiger partial charge < -0.3 is 15.5 Å². The fourth-order valence-corrected chi connectivity index (χ4v) is 2.54. The topological polar surface area (TPSA) is 53.1 Å². The monoisotopic (exact) mass is 263 g/mol. The first-order chi connectivity index (χ1) is 9.29. The molecule has 2 N–H and O–H groups in total. The zero-order valence-electron chi connectivity index (χ0n) is 12.0. The second kappa shape index (κ2) is 7.40. The van der Waals surface area contributed by atoms with Gasteiger partial charge in [-0.25, -0.2) is 9.97 Å². The molecule has 1 aliphatic heterocycles. The van der Waals surface area contributed by atoms with Crippen molar-refractivity contribution in [1.29, 1.82) is 0 Å². The molecule has 0 radical (unpaired) electrons. The Morgan fingerprint density at radius 3 is 2.79 bits per heavy atom. The Morgan fingerprint density at radius 1 is 1.32 bits per heavy atom. The van der Waals surface area contributed by atoms with Crippen molar-refractivity contribution in [1.82, 2.24) is 20.2 Å². The van der Waals surface area contributed by atoms with Gasteiger partial charge in [-0.1, -0.05) is 0 Å². The molecule has 0 saturated carbocycles. The number of rotatable bonds is 6. The van der Waals surface area contributed by atoms with Gasteiger partial charge in [0, 0.05) is 25.5 Å². The summed E-state index contributed by atoms with van der Waals surface area (Å²) in [4.78, 5) is 11.2. The molecular weight excluding hydrogens is 238 g/mol. The Bertz CT molecular complexity index is 365. The highest BCUT2D eigenvalue weighted by molar-refractivity contribution is 5.26. The molecule has 0 aromatic carbocycles. The van der Waals surface area contributed by atoms with Crippen LogP contribution in [-0.2, 0) is 0 Å². The Hall–Kier alpha value is -1.20. The van der Waals surface area contributed by atoms with Crippen molar-refractivity contribution in [2.24, 2.45) is 0 Å². The Kier molecular flexibility index (Phi) is 5.54. The quantitative estimate of drug-likeness (QED) is 0.758. The summed E-state index contributed by atoms with van der Waals surface area (Å²) < 4.78 is 0. The van der Waals surface area contributed by atoms with Crippen molar-refractivity contribution in [3.8, 4) is 0 Å². The molecule has 1 unspecified atom stereocenters. The predicted molar refractivity (Wildman–Crippen MR) is 78.5 cm³/mol. The molecule has 5 heteroatoms. The molecule has 1 aromatic heterocycles. The maximum Gasteiger partial charge on any atom is 0.222 e. The second-order valence-electron chi connectivity index (χ2n) is 5.33. The largest absolute Gasteiger partial charge is 0.354 e.